The van der Waals surface area contributed by atoms with Crippen LogP contribution in [0.2, 0.25) is 0 Å². The number of rotatable bonds is 9. The van der Waals surface area contributed by atoms with E-state index < -0.39 is 10.0 Å². The normalized spacial score (nSPS) is 11.1. The summed E-state index contributed by atoms with van der Waals surface area (Å²) in [4.78, 5) is 12.0. The maximum absolute atomic E-state index is 12.0. The Kier molecular flexibility index (Phi) is 10.1. The number of nitrogens with two attached hydrogens (primary N) is 1. The maximum atomic E-state index is 12.0. The maximum Gasteiger partial charge on any atom is 0.251 e. The van der Waals surface area contributed by atoms with Crippen LogP contribution in [-0.4, -0.2) is 34.0 Å². The third-order valence-electron chi connectivity index (χ3n) is 3.02. The van der Waals surface area contributed by atoms with Crippen LogP contribution in [0.3, 0.4) is 0 Å². The molecule has 0 bridgehead atoms. The Morgan fingerprint density at radius 3 is 2.30 bits per heavy atom. The van der Waals surface area contributed by atoms with E-state index in [0.29, 0.717) is 25.2 Å². The lowest BCUT2D eigenvalue weighted by atomic mass is 10.2. The molecule has 0 saturated heterocycles. The van der Waals surface area contributed by atoms with E-state index in [2.05, 4.69) is 10.0 Å². The van der Waals surface area contributed by atoms with E-state index in [-0.39, 0.29) is 29.1 Å². The Morgan fingerprint density at radius 2 is 1.78 bits per heavy atom. The van der Waals surface area contributed by atoms with Crippen molar-refractivity contribution in [2.45, 2.75) is 31.6 Å². The highest BCUT2D eigenvalue weighted by Gasteiger charge is 2.15. The summed E-state index contributed by atoms with van der Waals surface area (Å²) in [5, 5.41) is 2.77. The van der Waals surface area contributed by atoms with E-state index in [1.165, 1.54) is 24.3 Å². The minimum atomic E-state index is -3.52. The van der Waals surface area contributed by atoms with Gasteiger partial charge in [-0.3, -0.25) is 4.79 Å². The molecule has 4 N–H and O–H groups in total. The highest BCUT2D eigenvalue weighted by molar-refractivity contribution is 7.89. The van der Waals surface area contributed by atoms with Gasteiger partial charge >= 0.3 is 0 Å². The fraction of sp³-hybridized carbons (Fsp3) is 0.533. The quantitative estimate of drug-likeness (QED) is 0.579. The molecule has 0 radical (unpaired) electrons. The fourth-order valence-electron chi connectivity index (χ4n) is 1.72. The summed E-state index contributed by atoms with van der Waals surface area (Å²) in [6.07, 6.45) is 1.69. The Bertz CT molecular complexity index is 574. The summed E-state index contributed by atoms with van der Waals surface area (Å²) in [7, 11) is -3.52. The van der Waals surface area contributed by atoms with Crippen LogP contribution in [0, 0.1) is 5.92 Å². The van der Waals surface area contributed by atoms with Gasteiger partial charge in [-0.25, -0.2) is 13.1 Å². The molecule has 0 aliphatic carbocycles. The monoisotopic (exact) mass is 363 g/mol. The largest absolute Gasteiger partial charge is 0.352 e. The summed E-state index contributed by atoms with van der Waals surface area (Å²) in [6, 6.07) is 5.92. The van der Waals surface area contributed by atoms with Gasteiger partial charge in [-0.15, -0.1) is 12.4 Å². The van der Waals surface area contributed by atoms with Crippen LogP contribution in [0.15, 0.2) is 29.2 Å². The van der Waals surface area contributed by atoms with Crippen molar-refractivity contribution in [1.82, 2.24) is 10.0 Å². The molecule has 1 amide bonds. The van der Waals surface area contributed by atoms with Crippen molar-refractivity contribution >= 4 is 28.3 Å². The predicted molar refractivity (Wildman–Crippen MR) is 94.3 cm³/mol. The Morgan fingerprint density at radius 1 is 1.17 bits per heavy atom. The van der Waals surface area contributed by atoms with Gasteiger partial charge in [0.25, 0.3) is 5.91 Å². The molecule has 0 aliphatic rings. The zero-order valence-corrected chi connectivity index (χ0v) is 15.2. The molecule has 132 valence electrons. The molecule has 23 heavy (non-hydrogen) atoms. The first kappa shape index (κ1) is 21.9. The van der Waals surface area contributed by atoms with E-state index >= 15 is 0 Å². The van der Waals surface area contributed by atoms with Gasteiger partial charge in [0.2, 0.25) is 10.0 Å². The molecule has 0 saturated carbocycles. The summed E-state index contributed by atoms with van der Waals surface area (Å²) in [5.74, 6) is 0.0180. The average Bonchev–Trinajstić information content (AvgIpc) is 2.49. The second-order valence-electron chi connectivity index (χ2n) is 5.52. The number of benzene rings is 1. The van der Waals surface area contributed by atoms with Crippen molar-refractivity contribution in [2.75, 3.05) is 19.6 Å². The summed E-state index contributed by atoms with van der Waals surface area (Å²) < 4.78 is 26.6. The number of sulfonamides is 1. The topological polar surface area (TPSA) is 101 Å². The smallest absolute Gasteiger partial charge is 0.251 e. The molecule has 0 aliphatic heterocycles. The number of amides is 1. The summed E-state index contributed by atoms with van der Waals surface area (Å²) in [6.45, 7) is 5.41. The lowest BCUT2D eigenvalue weighted by Crippen LogP contribution is -2.28. The van der Waals surface area contributed by atoms with Gasteiger partial charge in [0.1, 0.15) is 0 Å². The van der Waals surface area contributed by atoms with Crippen LogP contribution in [-0.2, 0) is 10.0 Å². The number of carbonyl (C=O) groups excluding carboxylic acids is 1. The molecule has 1 aromatic carbocycles. The van der Waals surface area contributed by atoms with Gasteiger partial charge in [0.05, 0.1) is 4.90 Å². The molecular formula is C15H26ClN3O3S. The van der Waals surface area contributed by atoms with Gasteiger partial charge < -0.3 is 11.1 Å². The molecule has 0 fully saturated rings. The van der Waals surface area contributed by atoms with Crippen LogP contribution >= 0.6 is 12.4 Å². The number of hydrogen-bond acceptors (Lipinski definition) is 4. The third-order valence-corrected chi connectivity index (χ3v) is 4.46. The molecule has 8 heteroatoms. The minimum absolute atomic E-state index is 0. The first-order valence-electron chi connectivity index (χ1n) is 7.45. The first-order valence-corrected chi connectivity index (χ1v) is 8.93. The Hall–Kier alpha value is -1.15. The second kappa shape index (κ2) is 10.6. The first-order chi connectivity index (χ1) is 10.4. The fourth-order valence-corrected chi connectivity index (χ4v) is 2.93. The predicted octanol–water partition coefficient (Wildman–Crippen LogP) is 1.51. The molecule has 0 spiro atoms. The molecule has 1 aromatic rings. The molecule has 6 nitrogen and oxygen atoms in total. The lowest BCUT2D eigenvalue weighted by Gasteiger charge is -2.09. The standard InChI is InChI=1S/C15H25N3O3S.ClH/c1-12(2)11-18-22(20,21)14-7-5-13(6-8-14)15(19)17-10-4-3-9-16;/h5-8,12,18H,3-4,9-11,16H2,1-2H3,(H,17,19);1H. The number of halogens is 1. The SMILES string of the molecule is CC(C)CNS(=O)(=O)c1ccc(C(=O)NCCCCN)cc1.Cl. The summed E-state index contributed by atoms with van der Waals surface area (Å²) in [5.41, 5.74) is 5.82. The van der Waals surface area contributed by atoms with Crippen LogP contribution in [0.1, 0.15) is 37.0 Å². The number of carbonyl (C=O) groups is 1. The van der Waals surface area contributed by atoms with E-state index in [4.69, 9.17) is 5.73 Å². The number of nitrogens with one attached hydrogen (secondary N) is 2. The van der Waals surface area contributed by atoms with Gasteiger partial charge in [-0.2, -0.15) is 0 Å². The van der Waals surface area contributed by atoms with Crippen LogP contribution in [0.5, 0.6) is 0 Å². The molecule has 0 atom stereocenters. The molecule has 1 rings (SSSR count). The van der Waals surface area contributed by atoms with Gasteiger partial charge in [0.15, 0.2) is 0 Å². The number of unbranched alkanes of at least 4 members (excludes halogenated alkanes) is 1. The van der Waals surface area contributed by atoms with E-state index in [9.17, 15) is 13.2 Å². The van der Waals surface area contributed by atoms with Crippen LogP contribution in [0.25, 0.3) is 0 Å². The van der Waals surface area contributed by atoms with Crippen molar-refractivity contribution in [3.8, 4) is 0 Å². The van der Waals surface area contributed by atoms with Crippen molar-refractivity contribution in [2.24, 2.45) is 11.7 Å². The van der Waals surface area contributed by atoms with Crippen molar-refractivity contribution in [3.05, 3.63) is 29.8 Å². The van der Waals surface area contributed by atoms with Gasteiger partial charge in [0, 0.05) is 18.7 Å². The third kappa shape index (κ3) is 7.78. The van der Waals surface area contributed by atoms with Crippen LogP contribution < -0.4 is 15.8 Å². The molecule has 0 aromatic heterocycles. The molecular weight excluding hydrogens is 338 g/mol. The zero-order chi connectivity index (χ0) is 16.6. The molecule has 0 unspecified atom stereocenters. The average molecular weight is 364 g/mol. The van der Waals surface area contributed by atoms with Crippen molar-refractivity contribution < 1.29 is 13.2 Å². The highest BCUT2D eigenvalue weighted by atomic mass is 35.5. The van der Waals surface area contributed by atoms with Gasteiger partial charge in [-0.1, -0.05) is 13.8 Å². The van der Waals surface area contributed by atoms with Crippen molar-refractivity contribution in [3.63, 3.8) is 0 Å². The molecule has 0 heterocycles. The van der Waals surface area contributed by atoms with Gasteiger partial charge in [-0.05, 0) is 49.6 Å². The lowest BCUT2D eigenvalue weighted by molar-refractivity contribution is 0.0953. The summed E-state index contributed by atoms with van der Waals surface area (Å²) >= 11 is 0. The minimum Gasteiger partial charge on any atom is -0.352 e. The van der Waals surface area contributed by atoms with Crippen LogP contribution in [0.4, 0.5) is 0 Å². The Labute approximate surface area is 144 Å². The van der Waals surface area contributed by atoms with Crippen molar-refractivity contribution in [1.29, 1.82) is 0 Å². The second-order valence-corrected chi connectivity index (χ2v) is 7.29. The van der Waals surface area contributed by atoms with E-state index in [0.717, 1.165) is 12.8 Å². The van der Waals surface area contributed by atoms with E-state index in [1.54, 1.807) is 0 Å². The number of hydrogen-bond donors (Lipinski definition) is 3. The Balaban J connectivity index is 0.00000484. The zero-order valence-electron chi connectivity index (χ0n) is 13.5. The van der Waals surface area contributed by atoms with E-state index in [1.807, 2.05) is 13.8 Å². The highest BCUT2D eigenvalue weighted by Crippen LogP contribution is 2.11.